The number of nitrogens with zero attached hydrogens (tertiary/aromatic N) is 2. The average molecular weight is 668 g/mol. The van der Waals surface area contributed by atoms with Gasteiger partial charge in [-0.15, -0.1) is 13.2 Å². The number of hydrogen-bond donors (Lipinski definition) is 2. The van der Waals surface area contributed by atoms with Crippen LogP contribution < -0.4 is 15.0 Å². The molecule has 3 aromatic rings. The Kier molecular flexibility index (Phi) is 10.1. The molecule has 2 aromatic carbocycles. The molecule has 1 aliphatic rings. The number of rotatable bonds is 11. The molecular formula is C27H27F6N3O6S2. The highest BCUT2D eigenvalue weighted by Crippen LogP contribution is 2.34. The van der Waals surface area contributed by atoms with Crippen LogP contribution in [0.2, 0.25) is 0 Å². The van der Waals surface area contributed by atoms with Crippen molar-refractivity contribution in [1.82, 2.24) is 10.3 Å². The van der Waals surface area contributed by atoms with Crippen molar-refractivity contribution in [3.8, 4) is 5.75 Å². The maximum atomic E-state index is 13.0. The molecule has 0 radical (unpaired) electrons. The molecule has 1 aliphatic heterocycles. The van der Waals surface area contributed by atoms with Gasteiger partial charge in [-0.1, -0.05) is 30.4 Å². The van der Waals surface area contributed by atoms with Gasteiger partial charge in [0, 0.05) is 6.42 Å². The molecule has 1 saturated heterocycles. The molecule has 3 atom stereocenters. The molecule has 44 heavy (non-hydrogen) atoms. The fourth-order valence-electron chi connectivity index (χ4n) is 4.50. The van der Waals surface area contributed by atoms with Crippen molar-refractivity contribution < 1.29 is 54.1 Å². The van der Waals surface area contributed by atoms with Crippen molar-refractivity contribution in [2.75, 3.05) is 30.4 Å². The first-order chi connectivity index (χ1) is 20.6. The number of carbonyl (C=O) groups excluding carboxylic acids is 1. The van der Waals surface area contributed by atoms with Crippen LogP contribution in [0.3, 0.4) is 0 Å². The smallest absolute Gasteiger partial charge is 0.489 e. The fraction of sp³-hybridized carbons (Fsp3) is 0.407. The van der Waals surface area contributed by atoms with E-state index >= 15 is 0 Å². The second kappa shape index (κ2) is 13.3. The third kappa shape index (κ3) is 8.40. The van der Waals surface area contributed by atoms with E-state index in [2.05, 4.69) is 15.0 Å². The summed E-state index contributed by atoms with van der Waals surface area (Å²) < 4.78 is 111. The van der Waals surface area contributed by atoms with Crippen LogP contribution in [-0.4, -0.2) is 68.4 Å². The number of ether oxygens (including phenoxy) is 2. The largest absolute Gasteiger partial charge is 0.522 e. The van der Waals surface area contributed by atoms with Gasteiger partial charge >= 0.3 is 12.5 Å². The molecule has 0 unspecified atom stereocenters. The SMILES string of the molecule is CCS(=O)(=O)c1ccc([C@H](CO)NC(=O)c2cnc(N3C[C@@H](Oc4ccc(C(F)(F)F)cc4)C[C@H]3COC(F)(F)F)s2)cc1. The number of alkyl halides is 6. The van der Waals surface area contributed by atoms with E-state index in [0.29, 0.717) is 5.56 Å². The molecule has 0 aliphatic carbocycles. The summed E-state index contributed by atoms with van der Waals surface area (Å²) in [5, 5.41) is 12.7. The Morgan fingerprint density at radius 3 is 2.34 bits per heavy atom. The number of hydrogen-bond acceptors (Lipinski definition) is 9. The van der Waals surface area contributed by atoms with Gasteiger partial charge in [0.15, 0.2) is 15.0 Å². The second-order valence-corrected chi connectivity index (χ2v) is 13.0. The van der Waals surface area contributed by atoms with Gasteiger partial charge in [0.2, 0.25) is 0 Å². The summed E-state index contributed by atoms with van der Waals surface area (Å²) in [4.78, 5) is 18.8. The quantitative estimate of drug-likeness (QED) is 0.275. The number of nitrogens with one attached hydrogen (secondary N) is 1. The van der Waals surface area contributed by atoms with Crippen LogP contribution in [0.25, 0.3) is 0 Å². The zero-order chi connectivity index (χ0) is 32.3. The first kappa shape index (κ1) is 33.5. The molecule has 2 heterocycles. The molecule has 0 spiro atoms. The normalized spacial score (nSPS) is 18.3. The van der Waals surface area contributed by atoms with Gasteiger partial charge < -0.3 is 20.1 Å². The van der Waals surface area contributed by atoms with Crippen LogP contribution in [-0.2, 0) is 20.8 Å². The van der Waals surface area contributed by atoms with Crippen molar-refractivity contribution in [2.45, 2.75) is 49.0 Å². The summed E-state index contributed by atoms with van der Waals surface area (Å²) >= 11 is 0.869. The molecule has 9 nitrogen and oxygen atoms in total. The van der Waals surface area contributed by atoms with E-state index in [-0.39, 0.29) is 39.4 Å². The number of sulfone groups is 1. The summed E-state index contributed by atoms with van der Waals surface area (Å²) in [5.41, 5.74) is -0.444. The van der Waals surface area contributed by atoms with E-state index < -0.39 is 65.2 Å². The third-order valence-corrected chi connectivity index (χ3v) is 9.56. The number of aromatic nitrogens is 1. The van der Waals surface area contributed by atoms with Crippen molar-refractivity contribution >= 4 is 32.2 Å². The Morgan fingerprint density at radius 1 is 1.11 bits per heavy atom. The molecule has 2 N–H and O–H groups in total. The zero-order valence-electron chi connectivity index (χ0n) is 22.9. The van der Waals surface area contributed by atoms with Crippen molar-refractivity contribution in [2.24, 2.45) is 0 Å². The third-order valence-electron chi connectivity index (χ3n) is 6.77. The average Bonchev–Trinajstić information content (AvgIpc) is 3.62. The van der Waals surface area contributed by atoms with Gasteiger partial charge in [-0.25, -0.2) is 13.4 Å². The van der Waals surface area contributed by atoms with Crippen LogP contribution in [0.4, 0.5) is 31.5 Å². The van der Waals surface area contributed by atoms with Gasteiger partial charge in [-0.2, -0.15) is 13.2 Å². The lowest BCUT2D eigenvalue weighted by Gasteiger charge is -2.23. The lowest BCUT2D eigenvalue weighted by Crippen LogP contribution is -2.35. The fourth-order valence-corrected chi connectivity index (χ4v) is 6.28. The molecule has 0 bridgehead atoms. The number of aliphatic hydroxyl groups is 1. The maximum absolute atomic E-state index is 13.0. The van der Waals surface area contributed by atoms with Crippen LogP contribution in [0, 0.1) is 0 Å². The molecule has 1 aromatic heterocycles. The number of amides is 1. The summed E-state index contributed by atoms with van der Waals surface area (Å²) in [6.45, 7) is 0.217. The van der Waals surface area contributed by atoms with Crippen molar-refractivity contribution in [3.05, 3.63) is 70.7 Å². The molecule has 1 amide bonds. The Morgan fingerprint density at radius 2 is 1.77 bits per heavy atom. The van der Waals surface area contributed by atoms with E-state index in [1.807, 2.05) is 0 Å². The summed E-state index contributed by atoms with van der Waals surface area (Å²) in [7, 11) is -3.45. The highest BCUT2D eigenvalue weighted by molar-refractivity contribution is 7.91. The monoisotopic (exact) mass is 667 g/mol. The number of aliphatic hydroxyl groups excluding tert-OH is 1. The molecular weight excluding hydrogens is 640 g/mol. The van der Waals surface area contributed by atoms with Gasteiger partial charge in [-0.05, 0) is 42.0 Å². The van der Waals surface area contributed by atoms with E-state index in [9.17, 15) is 44.7 Å². The topological polar surface area (TPSA) is 118 Å². The molecule has 1 fully saturated rings. The van der Waals surface area contributed by atoms with Crippen LogP contribution >= 0.6 is 11.3 Å². The standard InChI is InChI=1S/C27H27F6N3O6S2/c1-2-44(39,40)21-9-3-16(4-10-21)22(14-37)35-24(38)23-12-34-25(43-23)36-13-20(11-18(36)15-41-27(31,32)33)42-19-7-5-17(6-8-19)26(28,29)30/h3-10,12,18,20,22,37H,2,11,13-15H2,1H3,(H,35,38)/t18-,20-,22-/m0/s1. The summed E-state index contributed by atoms with van der Waals surface area (Å²) in [5.74, 6) is -0.643. The highest BCUT2D eigenvalue weighted by atomic mass is 32.2. The number of thiazole rings is 1. The Bertz CT molecular complexity index is 1530. The Hall–Kier alpha value is -3.41. The first-order valence-electron chi connectivity index (χ1n) is 13.1. The molecule has 17 heteroatoms. The number of anilines is 1. The molecule has 0 saturated carbocycles. The van der Waals surface area contributed by atoms with Crippen molar-refractivity contribution in [1.29, 1.82) is 0 Å². The first-order valence-corrected chi connectivity index (χ1v) is 15.6. The number of carbonyl (C=O) groups is 1. The minimum atomic E-state index is -4.91. The van der Waals surface area contributed by atoms with Gasteiger partial charge in [0.1, 0.15) is 16.7 Å². The highest BCUT2D eigenvalue weighted by Gasteiger charge is 2.39. The van der Waals surface area contributed by atoms with Gasteiger partial charge in [0.05, 0.1) is 54.3 Å². The van der Waals surface area contributed by atoms with Gasteiger partial charge in [0.25, 0.3) is 5.91 Å². The Balaban J connectivity index is 1.47. The van der Waals surface area contributed by atoms with E-state index in [4.69, 9.17) is 4.74 Å². The van der Waals surface area contributed by atoms with Gasteiger partial charge in [-0.3, -0.25) is 9.53 Å². The predicted octanol–water partition coefficient (Wildman–Crippen LogP) is 4.98. The number of halogens is 6. The minimum Gasteiger partial charge on any atom is -0.489 e. The van der Waals surface area contributed by atoms with Crippen molar-refractivity contribution in [3.63, 3.8) is 0 Å². The predicted molar refractivity (Wildman–Crippen MR) is 147 cm³/mol. The summed E-state index contributed by atoms with van der Waals surface area (Å²) in [6.07, 6.45) is -8.95. The Labute approximate surface area is 252 Å². The minimum absolute atomic E-state index is 0.00770. The zero-order valence-corrected chi connectivity index (χ0v) is 24.6. The maximum Gasteiger partial charge on any atom is 0.522 e. The second-order valence-electron chi connectivity index (χ2n) is 9.75. The van der Waals surface area contributed by atoms with E-state index in [1.165, 1.54) is 42.3 Å². The molecule has 4 rings (SSSR count). The van der Waals surface area contributed by atoms with Crippen LogP contribution in [0.15, 0.2) is 59.6 Å². The lowest BCUT2D eigenvalue weighted by atomic mass is 10.1. The lowest BCUT2D eigenvalue weighted by molar-refractivity contribution is -0.325. The van der Waals surface area contributed by atoms with E-state index in [1.54, 1.807) is 0 Å². The summed E-state index contributed by atoms with van der Waals surface area (Å²) in [6, 6.07) is 7.79. The number of benzene rings is 2. The van der Waals surface area contributed by atoms with Crippen LogP contribution in [0.1, 0.15) is 40.2 Å². The molecule has 240 valence electrons. The van der Waals surface area contributed by atoms with Crippen LogP contribution in [0.5, 0.6) is 5.75 Å². The van der Waals surface area contributed by atoms with E-state index in [0.717, 1.165) is 35.6 Å².